The normalized spacial score (nSPS) is 12.8. The fourth-order valence-electron chi connectivity index (χ4n) is 10.4. The minimum Gasteiger partial charge on any atom is -0.208 e. The predicted molar refractivity (Wildman–Crippen MR) is 267 cm³/mol. The zero-order chi connectivity index (χ0) is 42.2. The lowest BCUT2D eigenvalue weighted by Gasteiger charge is -2.34. The lowest BCUT2D eigenvalue weighted by molar-refractivity contribution is 0.768. The van der Waals surface area contributed by atoms with Crippen LogP contribution in [0.4, 0.5) is 0 Å². The molecule has 10 aromatic carbocycles. The van der Waals surface area contributed by atoms with Gasteiger partial charge < -0.3 is 0 Å². The lowest BCUT2D eigenvalue weighted by Crippen LogP contribution is -2.28. The van der Waals surface area contributed by atoms with Crippen LogP contribution in [0.15, 0.2) is 224 Å². The van der Waals surface area contributed by atoms with Crippen LogP contribution in [-0.4, -0.2) is 15.0 Å². The van der Waals surface area contributed by atoms with Gasteiger partial charge in [0.1, 0.15) is 0 Å². The van der Waals surface area contributed by atoms with Gasteiger partial charge in [0.2, 0.25) is 0 Å². The van der Waals surface area contributed by atoms with Crippen molar-refractivity contribution in [3.63, 3.8) is 0 Å². The van der Waals surface area contributed by atoms with E-state index in [9.17, 15) is 0 Å². The third-order valence-electron chi connectivity index (χ3n) is 13.2. The smallest absolute Gasteiger partial charge is 0.165 e. The average molecular weight is 832 g/mol. The van der Waals surface area contributed by atoms with E-state index in [1.807, 2.05) is 0 Å². The molecule has 0 bridgehead atoms. The van der Waals surface area contributed by atoms with Crippen LogP contribution in [0.2, 0.25) is 0 Å². The van der Waals surface area contributed by atoms with Crippen LogP contribution >= 0.6 is 11.3 Å². The third kappa shape index (κ3) is 5.49. The van der Waals surface area contributed by atoms with E-state index in [1.165, 1.54) is 75.5 Å². The summed E-state index contributed by atoms with van der Waals surface area (Å²) in [7, 11) is 0. The number of aromatic nitrogens is 3. The molecule has 0 saturated heterocycles. The molecule has 0 amide bonds. The largest absolute Gasteiger partial charge is 0.208 e. The van der Waals surface area contributed by atoms with Crippen molar-refractivity contribution in [1.29, 1.82) is 0 Å². The van der Waals surface area contributed by atoms with Crippen molar-refractivity contribution in [2.24, 2.45) is 0 Å². The topological polar surface area (TPSA) is 38.7 Å². The molecule has 64 heavy (non-hydrogen) atoms. The summed E-state index contributed by atoms with van der Waals surface area (Å²) < 4.78 is 2.41. The van der Waals surface area contributed by atoms with E-state index >= 15 is 0 Å². The molecule has 0 spiro atoms. The van der Waals surface area contributed by atoms with Crippen molar-refractivity contribution < 1.29 is 0 Å². The Morgan fingerprint density at radius 1 is 0.312 bits per heavy atom. The Hall–Kier alpha value is -8.05. The van der Waals surface area contributed by atoms with E-state index < -0.39 is 5.41 Å². The molecule has 4 heteroatoms. The van der Waals surface area contributed by atoms with Crippen LogP contribution < -0.4 is 0 Å². The summed E-state index contributed by atoms with van der Waals surface area (Å²) >= 11 is 1.79. The van der Waals surface area contributed by atoms with Crippen molar-refractivity contribution in [3.05, 3.63) is 247 Å². The van der Waals surface area contributed by atoms with E-state index in [2.05, 4.69) is 224 Å². The third-order valence-corrected chi connectivity index (χ3v) is 14.5. The van der Waals surface area contributed by atoms with Gasteiger partial charge in [0.15, 0.2) is 17.5 Å². The van der Waals surface area contributed by atoms with Crippen molar-refractivity contribution >= 4 is 53.1 Å². The van der Waals surface area contributed by atoms with E-state index in [0.717, 1.165) is 27.5 Å². The van der Waals surface area contributed by atoms with Crippen molar-refractivity contribution in [1.82, 2.24) is 15.0 Å². The minimum absolute atomic E-state index is 0.556. The van der Waals surface area contributed by atoms with Gasteiger partial charge in [0.05, 0.1) is 5.41 Å². The summed E-state index contributed by atoms with van der Waals surface area (Å²) in [6.07, 6.45) is 0. The number of benzene rings is 10. The highest BCUT2D eigenvalue weighted by atomic mass is 32.1. The SMILES string of the molecule is c1ccc(C2(c3ccccc3)c3ccccc3-c3ccc(-c4nc(-c5ccc(-c6cccc7ccccc67)c6ccccc56)nc(-c5cccc6c5sc5ccccc56)n4)cc32)cc1. The molecule has 2 heterocycles. The van der Waals surface area contributed by atoms with E-state index in [4.69, 9.17) is 15.0 Å². The Kier molecular flexibility index (Phi) is 8.30. The Morgan fingerprint density at radius 2 is 0.812 bits per heavy atom. The molecule has 298 valence electrons. The summed E-state index contributed by atoms with van der Waals surface area (Å²) in [5.74, 6) is 1.93. The van der Waals surface area contributed by atoms with Gasteiger partial charge in [-0.2, -0.15) is 0 Å². The van der Waals surface area contributed by atoms with E-state index in [1.54, 1.807) is 11.3 Å². The lowest BCUT2D eigenvalue weighted by atomic mass is 9.67. The van der Waals surface area contributed by atoms with Crippen LogP contribution in [0.3, 0.4) is 0 Å². The number of rotatable bonds is 6. The minimum atomic E-state index is -0.556. The summed E-state index contributed by atoms with van der Waals surface area (Å²) in [6.45, 7) is 0. The second-order valence-electron chi connectivity index (χ2n) is 16.6. The molecule has 0 N–H and O–H groups in total. The predicted octanol–water partition coefficient (Wildman–Crippen LogP) is 15.6. The fraction of sp³-hybridized carbons (Fsp3) is 0.0167. The molecule has 0 unspecified atom stereocenters. The van der Waals surface area contributed by atoms with Crippen molar-refractivity contribution in [3.8, 4) is 56.4 Å². The highest BCUT2D eigenvalue weighted by Gasteiger charge is 2.46. The number of nitrogens with zero attached hydrogens (tertiary/aromatic N) is 3. The van der Waals surface area contributed by atoms with Gasteiger partial charge in [-0.3, -0.25) is 0 Å². The van der Waals surface area contributed by atoms with Gasteiger partial charge >= 0.3 is 0 Å². The number of hydrogen-bond donors (Lipinski definition) is 0. The fourth-order valence-corrected chi connectivity index (χ4v) is 11.7. The molecule has 0 saturated carbocycles. The molecule has 1 aliphatic rings. The van der Waals surface area contributed by atoms with Crippen LogP contribution in [0.25, 0.3) is 98.1 Å². The molecule has 0 atom stereocenters. The van der Waals surface area contributed by atoms with Gasteiger partial charge in [-0.25, -0.2) is 15.0 Å². The first-order valence-corrected chi connectivity index (χ1v) is 22.6. The summed E-state index contributed by atoms with van der Waals surface area (Å²) in [5.41, 5.74) is 12.1. The zero-order valence-electron chi connectivity index (χ0n) is 34.6. The van der Waals surface area contributed by atoms with Crippen LogP contribution in [0.1, 0.15) is 22.3 Å². The molecule has 1 aliphatic carbocycles. The van der Waals surface area contributed by atoms with Crippen molar-refractivity contribution in [2.45, 2.75) is 5.41 Å². The number of hydrogen-bond acceptors (Lipinski definition) is 4. The highest BCUT2D eigenvalue weighted by molar-refractivity contribution is 7.26. The maximum Gasteiger partial charge on any atom is 0.165 e. The van der Waals surface area contributed by atoms with Crippen molar-refractivity contribution in [2.75, 3.05) is 0 Å². The summed E-state index contributed by atoms with van der Waals surface area (Å²) in [5, 5.41) is 7.13. The molecule has 2 aromatic heterocycles. The molecule has 0 aliphatic heterocycles. The second-order valence-corrected chi connectivity index (χ2v) is 17.7. The Bertz CT molecular complexity index is 3750. The van der Waals surface area contributed by atoms with E-state index in [0.29, 0.717) is 17.5 Å². The van der Waals surface area contributed by atoms with Crippen LogP contribution in [0.5, 0.6) is 0 Å². The Morgan fingerprint density at radius 3 is 1.61 bits per heavy atom. The first-order valence-electron chi connectivity index (χ1n) is 21.8. The van der Waals surface area contributed by atoms with E-state index in [-0.39, 0.29) is 0 Å². The standard InChI is InChI=1S/C60H37N3S/c1-3-19-40(20-4-1)60(41-21-5-2-6-22-41)53-31-13-11-26-47(53)48-34-33-39(37-54(48)60)57-61-58(63-59(62-57)52-30-16-29-50-49-27-12-14-32-55(49)64-56(50)52)51-36-35-46(44-24-9-10-25-45(44)51)43-28-15-18-38-17-7-8-23-42(38)43/h1-37H. The molecular weight excluding hydrogens is 795 g/mol. The quantitative estimate of drug-likeness (QED) is 0.168. The van der Waals surface area contributed by atoms with Crippen LogP contribution in [0, 0.1) is 0 Å². The molecule has 0 radical (unpaired) electrons. The maximum atomic E-state index is 5.47. The molecule has 13 rings (SSSR count). The maximum absolute atomic E-state index is 5.47. The summed E-state index contributed by atoms with van der Waals surface area (Å²) in [4.78, 5) is 16.4. The summed E-state index contributed by atoms with van der Waals surface area (Å²) in [6, 6.07) is 81.0. The van der Waals surface area contributed by atoms with Gasteiger partial charge in [0.25, 0.3) is 0 Å². The first kappa shape index (κ1) is 36.6. The average Bonchev–Trinajstić information content (AvgIpc) is 3.90. The second kappa shape index (κ2) is 14.5. The number of thiophene rings is 1. The van der Waals surface area contributed by atoms with Gasteiger partial charge in [0, 0.05) is 36.9 Å². The molecule has 3 nitrogen and oxygen atoms in total. The van der Waals surface area contributed by atoms with Gasteiger partial charge in [-0.1, -0.05) is 200 Å². The van der Waals surface area contributed by atoms with Gasteiger partial charge in [-0.05, 0) is 90.3 Å². The number of fused-ring (bicyclic) bond motifs is 8. The molecule has 12 aromatic rings. The highest BCUT2D eigenvalue weighted by Crippen LogP contribution is 2.56. The molecular formula is C60H37N3S. The van der Waals surface area contributed by atoms with Crippen LogP contribution in [-0.2, 0) is 5.41 Å². The molecule has 0 fully saturated rings. The Labute approximate surface area is 374 Å². The first-order chi connectivity index (χ1) is 31.7. The van der Waals surface area contributed by atoms with Gasteiger partial charge in [-0.15, -0.1) is 11.3 Å². The Balaban J connectivity index is 1.07. The zero-order valence-corrected chi connectivity index (χ0v) is 35.4. The monoisotopic (exact) mass is 831 g/mol.